The van der Waals surface area contributed by atoms with Gasteiger partial charge in [0.1, 0.15) is 5.75 Å². The summed E-state index contributed by atoms with van der Waals surface area (Å²) in [6, 6.07) is 6.58. The van der Waals surface area contributed by atoms with Crippen molar-refractivity contribution in [1.29, 1.82) is 0 Å². The summed E-state index contributed by atoms with van der Waals surface area (Å²) in [5.74, 6) is 0.582. The van der Waals surface area contributed by atoms with Crippen LogP contribution in [0.4, 0.5) is 0 Å². The molecule has 0 saturated carbocycles. The zero-order chi connectivity index (χ0) is 16.7. The number of phenols is 1. The normalized spacial score (nSPS) is 10.7. The maximum atomic E-state index is 12.3. The number of hydrogen-bond acceptors (Lipinski definition) is 6. The van der Waals surface area contributed by atoms with Crippen LogP contribution in [0.3, 0.4) is 0 Å². The van der Waals surface area contributed by atoms with E-state index in [1.807, 2.05) is 4.90 Å². The molecule has 124 valence electrons. The Morgan fingerprint density at radius 2 is 1.87 bits per heavy atom. The molecule has 0 aliphatic carbocycles. The third kappa shape index (κ3) is 4.69. The summed E-state index contributed by atoms with van der Waals surface area (Å²) < 4.78 is 1.56. The first-order valence-corrected chi connectivity index (χ1v) is 8.62. The lowest BCUT2D eigenvalue weighted by molar-refractivity contribution is -0.128. The predicted octanol–water partition coefficient (Wildman–Crippen LogP) is 2.11. The van der Waals surface area contributed by atoms with Crippen molar-refractivity contribution >= 4 is 17.7 Å². The summed E-state index contributed by atoms with van der Waals surface area (Å²) >= 11 is 1.31. The van der Waals surface area contributed by atoms with Gasteiger partial charge in [-0.1, -0.05) is 25.6 Å². The molecule has 1 amide bonds. The predicted molar refractivity (Wildman–Crippen MR) is 88.7 cm³/mol. The topological polar surface area (TPSA) is 84.1 Å². The highest BCUT2D eigenvalue weighted by Gasteiger charge is 2.15. The van der Waals surface area contributed by atoms with Crippen LogP contribution in [0.2, 0.25) is 0 Å². The van der Waals surface area contributed by atoms with Crippen LogP contribution < -0.4 is 0 Å². The lowest BCUT2D eigenvalue weighted by Crippen LogP contribution is -2.33. The number of nitrogens with zero attached hydrogens (tertiary/aromatic N) is 5. The molecule has 0 aliphatic rings. The summed E-state index contributed by atoms with van der Waals surface area (Å²) in [7, 11) is 0. The minimum atomic E-state index is 0.0963. The summed E-state index contributed by atoms with van der Waals surface area (Å²) in [5.41, 5.74) is 0.738. The molecule has 1 heterocycles. The van der Waals surface area contributed by atoms with Gasteiger partial charge in [0.2, 0.25) is 11.1 Å². The standard InChI is InChI=1S/C15H21N5O2S/c1-3-9-19(10-4-2)14(22)11-23-15-16-17-18-20(15)12-5-7-13(21)8-6-12/h5-8,21H,3-4,9-11H2,1-2H3. The Morgan fingerprint density at radius 3 is 2.48 bits per heavy atom. The molecule has 8 heteroatoms. The number of thioether (sulfide) groups is 1. The second kappa shape index (κ2) is 8.52. The van der Waals surface area contributed by atoms with Crippen LogP contribution in [0.25, 0.3) is 5.69 Å². The van der Waals surface area contributed by atoms with Gasteiger partial charge in [0.05, 0.1) is 11.4 Å². The quantitative estimate of drug-likeness (QED) is 0.744. The lowest BCUT2D eigenvalue weighted by Gasteiger charge is -2.21. The van der Waals surface area contributed by atoms with Crippen LogP contribution in [0.1, 0.15) is 26.7 Å². The van der Waals surface area contributed by atoms with Gasteiger partial charge in [0, 0.05) is 13.1 Å². The molecule has 1 N–H and O–H groups in total. The first-order chi connectivity index (χ1) is 11.2. The fraction of sp³-hybridized carbons (Fsp3) is 0.467. The largest absolute Gasteiger partial charge is 0.508 e. The monoisotopic (exact) mass is 335 g/mol. The smallest absolute Gasteiger partial charge is 0.233 e. The highest BCUT2D eigenvalue weighted by atomic mass is 32.2. The Bertz CT molecular complexity index is 623. The van der Waals surface area contributed by atoms with Gasteiger partial charge >= 0.3 is 0 Å². The third-order valence-corrected chi connectivity index (χ3v) is 4.10. The zero-order valence-electron chi connectivity index (χ0n) is 13.3. The average Bonchev–Trinajstić information content (AvgIpc) is 3.01. The number of phenolic OH excluding ortho intramolecular Hbond substituents is 1. The van der Waals surface area contributed by atoms with Gasteiger partial charge in [-0.2, -0.15) is 4.68 Å². The van der Waals surface area contributed by atoms with Crippen LogP contribution in [-0.2, 0) is 4.79 Å². The number of rotatable bonds is 8. The average molecular weight is 335 g/mol. The van der Waals surface area contributed by atoms with Gasteiger partial charge in [0.25, 0.3) is 0 Å². The molecular formula is C15H21N5O2S. The van der Waals surface area contributed by atoms with Crippen molar-refractivity contribution in [3.05, 3.63) is 24.3 Å². The van der Waals surface area contributed by atoms with Crippen LogP contribution in [0.15, 0.2) is 29.4 Å². The number of aromatic hydroxyl groups is 1. The number of carbonyl (C=O) groups excluding carboxylic acids is 1. The summed E-state index contributed by atoms with van der Waals surface area (Å²) in [4.78, 5) is 14.2. The highest BCUT2D eigenvalue weighted by Crippen LogP contribution is 2.20. The molecule has 7 nitrogen and oxygen atoms in total. The number of hydrogen-bond donors (Lipinski definition) is 1. The van der Waals surface area contributed by atoms with Crippen LogP contribution in [-0.4, -0.2) is 55.0 Å². The number of tetrazole rings is 1. The van der Waals surface area contributed by atoms with Crippen LogP contribution in [0.5, 0.6) is 5.75 Å². The third-order valence-electron chi connectivity index (χ3n) is 3.20. The van der Waals surface area contributed by atoms with Crippen molar-refractivity contribution in [2.24, 2.45) is 0 Å². The van der Waals surface area contributed by atoms with Gasteiger partial charge < -0.3 is 10.0 Å². The molecule has 0 aliphatic heterocycles. The Hall–Kier alpha value is -2.09. The van der Waals surface area contributed by atoms with Gasteiger partial charge in [-0.25, -0.2) is 0 Å². The van der Waals surface area contributed by atoms with E-state index in [9.17, 15) is 9.90 Å². The molecule has 1 aromatic carbocycles. The van der Waals surface area contributed by atoms with Crippen LogP contribution in [0, 0.1) is 0 Å². The van der Waals surface area contributed by atoms with Gasteiger partial charge in [0.15, 0.2) is 0 Å². The van der Waals surface area contributed by atoms with E-state index in [0.29, 0.717) is 10.9 Å². The molecule has 2 aromatic rings. The van der Waals surface area contributed by atoms with E-state index in [-0.39, 0.29) is 11.7 Å². The molecule has 1 aromatic heterocycles. The summed E-state index contributed by atoms with van der Waals surface area (Å²) in [5, 5.41) is 21.5. The van der Waals surface area contributed by atoms with Crippen LogP contribution >= 0.6 is 11.8 Å². The molecule has 0 fully saturated rings. The molecule has 0 bridgehead atoms. The molecular weight excluding hydrogens is 314 g/mol. The fourth-order valence-corrected chi connectivity index (χ4v) is 2.94. The summed E-state index contributed by atoms with van der Waals surface area (Å²) in [6.07, 6.45) is 1.89. The first kappa shape index (κ1) is 17.3. The number of carbonyl (C=O) groups is 1. The maximum absolute atomic E-state index is 12.3. The molecule has 0 radical (unpaired) electrons. The molecule has 0 saturated heterocycles. The number of amides is 1. The van der Waals surface area contributed by atoms with Crippen molar-refractivity contribution in [3.63, 3.8) is 0 Å². The van der Waals surface area contributed by atoms with Gasteiger partial charge in [-0.3, -0.25) is 4.79 Å². The van der Waals surface area contributed by atoms with Gasteiger partial charge in [-0.15, -0.1) is 5.10 Å². The van der Waals surface area contributed by atoms with Crippen molar-refractivity contribution in [1.82, 2.24) is 25.1 Å². The second-order valence-corrected chi connectivity index (χ2v) is 6.00. The van der Waals surface area contributed by atoms with E-state index < -0.39 is 0 Å². The zero-order valence-corrected chi connectivity index (χ0v) is 14.2. The van der Waals surface area contributed by atoms with Crippen molar-refractivity contribution in [2.75, 3.05) is 18.8 Å². The van der Waals surface area contributed by atoms with E-state index in [1.165, 1.54) is 11.8 Å². The van der Waals surface area contributed by atoms with E-state index in [2.05, 4.69) is 29.4 Å². The SMILES string of the molecule is CCCN(CCC)C(=O)CSc1nnnn1-c1ccc(O)cc1. The minimum Gasteiger partial charge on any atom is -0.508 e. The van der Waals surface area contributed by atoms with Crippen molar-refractivity contribution < 1.29 is 9.90 Å². The highest BCUT2D eigenvalue weighted by molar-refractivity contribution is 7.99. The maximum Gasteiger partial charge on any atom is 0.233 e. The molecule has 0 atom stereocenters. The lowest BCUT2D eigenvalue weighted by atomic mass is 10.3. The van der Waals surface area contributed by atoms with Crippen molar-refractivity contribution in [2.45, 2.75) is 31.8 Å². The minimum absolute atomic E-state index is 0.0963. The van der Waals surface area contributed by atoms with E-state index in [0.717, 1.165) is 31.6 Å². The number of aromatic nitrogens is 4. The molecule has 0 spiro atoms. The Labute approximate surface area is 139 Å². The Balaban J connectivity index is 2.02. The molecule has 23 heavy (non-hydrogen) atoms. The molecule has 0 unspecified atom stereocenters. The summed E-state index contributed by atoms with van der Waals surface area (Å²) in [6.45, 7) is 5.68. The number of benzene rings is 1. The van der Waals surface area contributed by atoms with E-state index in [1.54, 1.807) is 28.9 Å². The van der Waals surface area contributed by atoms with E-state index >= 15 is 0 Å². The Morgan fingerprint density at radius 1 is 1.22 bits per heavy atom. The fourth-order valence-electron chi connectivity index (χ4n) is 2.14. The Kier molecular flexibility index (Phi) is 6.40. The van der Waals surface area contributed by atoms with E-state index in [4.69, 9.17) is 0 Å². The van der Waals surface area contributed by atoms with Gasteiger partial charge in [-0.05, 0) is 47.5 Å². The van der Waals surface area contributed by atoms with Crippen molar-refractivity contribution in [3.8, 4) is 11.4 Å². The first-order valence-electron chi connectivity index (χ1n) is 7.64. The molecule has 2 rings (SSSR count). The second-order valence-electron chi connectivity index (χ2n) is 5.06.